The van der Waals surface area contributed by atoms with E-state index in [4.69, 9.17) is 9.47 Å². The summed E-state index contributed by atoms with van der Waals surface area (Å²) in [5.74, 6) is 1.74. The van der Waals surface area contributed by atoms with Crippen LogP contribution in [0.2, 0.25) is 0 Å². The molecule has 224 valence electrons. The molecule has 0 aliphatic carbocycles. The first-order valence-electron chi connectivity index (χ1n) is 14.4. The third kappa shape index (κ3) is 6.50. The summed E-state index contributed by atoms with van der Waals surface area (Å²) >= 11 is 3.79. The van der Waals surface area contributed by atoms with E-state index < -0.39 is 7.14 Å². The van der Waals surface area contributed by atoms with E-state index in [0.29, 0.717) is 0 Å². The van der Waals surface area contributed by atoms with Gasteiger partial charge in [0.25, 0.3) is 0 Å². The molecular weight excluding hydrogens is 591 g/mol. The van der Waals surface area contributed by atoms with E-state index in [9.17, 15) is 0 Å². The van der Waals surface area contributed by atoms with Gasteiger partial charge in [-0.2, -0.15) is 0 Å². The molecule has 0 unspecified atom stereocenters. The Morgan fingerprint density at radius 1 is 0.561 bits per heavy atom. The Morgan fingerprint density at radius 3 is 1.10 bits per heavy atom. The van der Waals surface area contributed by atoms with Gasteiger partial charge in [-0.15, -0.1) is 0 Å². The molecule has 3 nitrogen and oxygen atoms in total. The van der Waals surface area contributed by atoms with Gasteiger partial charge in [0.1, 0.15) is 11.5 Å². The van der Waals surface area contributed by atoms with Crippen LogP contribution >= 0.6 is 23.1 Å². The lowest BCUT2D eigenvalue weighted by Gasteiger charge is -2.34. The van der Waals surface area contributed by atoms with Crippen molar-refractivity contribution in [3.05, 3.63) is 75.3 Å². The zero-order valence-corrected chi connectivity index (χ0v) is 30.1. The summed E-state index contributed by atoms with van der Waals surface area (Å²) in [5.41, 5.74) is 3.29. The van der Waals surface area contributed by atoms with E-state index in [2.05, 4.69) is 123 Å². The lowest BCUT2D eigenvalue weighted by atomic mass is 9.79. The summed E-state index contributed by atoms with van der Waals surface area (Å²) in [6.45, 7) is 26.3. The minimum atomic E-state index is -3.42. The third-order valence-electron chi connectivity index (χ3n) is 7.71. The Kier molecular flexibility index (Phi) is 9.17. The minimum absolute atomic E-state index is 0.229. The normalized spacial score (nSPS) is 13.3. The van der Waals surface area contributed by atoms with Crippen LogP contribution in [0.3, 0.4) is 0 Å². The SMILES string of the molecule is COc1c(C(C)(C)C)cc(P(=O)(c2cc(C(C)(C)C)c(OC)c(C(C)(C)C)c2)c2ccccc2Br)cc1C(C)(C)C. The van der Waals surface area contributed by atoms with Crippen LogP contribution in [0.15, 0.2) is 53.0 Å². The molecule has 0 spiro atoms. The van der Waals surface area contributed by atoms with Crippen molar-refractivity contribution in [1.82, 2.24) is 0 Å². The Bertz CT molecular complexity index is 1320. The minimum Gasteiger partial charge on any atom is -0.496 e. The molecular formula is C36H50BrO3P. The van der Waals surface area contributed by atoms with E-state index >= 15 is 4.57 Å². The van der Waals surface area contributed by atoms with E-state index in [1.165, 1.54) is 0 Å². The molecule has 3 rings (SSSR count). The number of methoxy groups -OCH3 is 2. The highest BCUT2D eigenvalue weighted by molar-refractivity contribution is 9.10. The van der Waals surface area contributed by atoms with Crippen LogP contribution in [0.25, 0.3) is 0 Å². The first-order chi connectivity index (χ1) is 18.6. The second kappa shape index (κ2) is 11.2. The monoisotopic (exact) mass is 640 g/mol. The average molecular weight is 642 g/mol. The second-order valence-corrected chi connectivity index (χ2v) is 18.8. The van der Waals surface area contributed by atoms with Gasteiger partial charge in [-0.05, 0) is 58.1 Å². The number of benzene rings is 3. The maximum atomic E-state index is 16.2. The first-order valence-corrected chi connectivity index (χ1v) is 16.9. The zero-order valence-electron chi connectivity index (χ0n) is 27.7. The Balaban J connectivity index is 2.67. The molecule has 0 radical (unpaired) electrons. The largest absolute Gasteiger partial charge is 0.496 e. The molecule has 0 aliphatic rings. The predicted molar refractivity (Wildman–Crippen MR) is 181 cm³/mol. The molecule has 3 aromatic rings. The Hall–Kier alpha value is -2.03. The summed E-state index contributed by atoms with van der Waals surface area (Å²) in [7, 11) is 0.0567. The molecule has 0 fully saturated rings. The van der Waals surface area contributed by atoms with Gasteiger partial charge in [-0.1, -0.05) is 111 Å². The van der Waals surface area contributed by atoms with Crippen LogP contribution in [0.4, 0.5) is 0 Å². The van der Waals surface area contributed by atoms with Crippen LogP contribution < -0.4 is 25.4 Å². The van der Waals surface area contributed by atoms with Crippen LogP contribution in [-0.2, 0) is 26.2 Å². The summed E-state index contributed by atoms with van der Waals surface area (Å²) in [5, 5.41) is 2.41. The highest BCUT2D eigenvalue weighted by Gasteiger charge is 2.39. The van der Waals surface area contributed by atoms with Crippen LogP contribution in [0.1, 0.15) is 105 Å². The number of ether oxygens (including phenoxy) is 2. The van der Waals surface area contributed by atoms with Crippen molar-refractivity contribution >= 4 is 39.0 Å². The van der Waals surface area contributed by atoms with Gasteiger partial charge in [-0.25, -0.2) is 0 Å². The van der Waals surface area contributed by atoms with E-state index in [1.807, 2.05) is 24.3 Å². The smallest absolute Gasteiger partial charge is 0.172 e. The van der Waals surface area contributed by atoms with Gasteiger partial charge < -0.3 is 14.0 Å². The fourth-order valence-electron chi connectivity index (χ4n) is 5.39. The van der Waals surface area contributed by atoms with E-state index in [1.54, 1.807) is 14.2 Å². The molecule has 0 N–H and O–H groups in total. The summed E-state index contributed by atoms with van der Waals surface area (Å²) < 4.78 is 29.2. The lowest BCUT2D eigenvalue weighted by Crippen LogP contribution is -2.32. The lowest BCUT2D eigenvalue weighted by molar-refractivity contribution is 0.381. The fraction of sp³-hybridized carbons (Fsp3) is 0.500. The number of halogens is 1. The number of rotatable bonds is 5. The molecule has 0 amide bonds. The van der Waals surface area contributed by atoms with E-state index in [0.717, 1.165) is 54.1 Å². The van der Waals surface area contributed by atoms with E-state index in [-0.39, 0.29) is 21.7 Å². The number of hydrogen-bond donors (Lipinski definition) is 0. The van der Waals surface area contributed by atoms with Crippen LogP contribution in [0, 0.1) is 0 Å². The quantitative estimate of drug-likeness (QED) is 0.261. The molecule has 3 aromatic carbocycles. The third-order valence-corrected chi connectivity index (χ3v) is 11.7. The summed E-state index contributed by atoms with van der Waals surface area (Å²) in [4.78, 5) is 0. The molecule has 0 aromatic heterocycles. The highest BCUT2D eigenvalue weighted by Crippen LogP contribution is 2.51. The van der Waals surface area contributed by atoms with Crippen molar-refractivity contribution in [2.24, 2.45) is 0 Å². The van der Waals surface area contributed by atoms with Gasteiger partial charge in [-0.3, -0.25) is 0 Å². The van der Waals surface area contributed by atoms with Gasteiger partial charge in [0, 0.05) is 42.6 Å². The van der Waals surface area contributed by atoms with Gasteiger partial charge in [0.05, 0.1) is 14.2 Å². The molecule has 41 heavy (non-hydrogen) atoms. The Morgan fingerprint density at radius 2 is 0.854 bits per heavy atom. The van der Waals surface area contributed by atoms with Crippen molar-refractivity contribution < 1.29 is 14.0 Å². The van der Waals surface area contributed by atoms with Crippen molar-refractivity contribution in [1.29, 1.82) is 0 Å². The summed E-state index contributed by atoms with van der Waals surface area (Å²) in [6.07, 6.45) is 0. The van der Waals surface area contributed by atoms with Gasteiger partial charge in [0.15, 0.2) is 7.14 Å². The first kappa shape index (κ1) is 33.5. The predicted octanol–water partition coefficient (Wildman–Crippen LogP) is 9.30. The van der Waals surface area contributed by atoms with Crippen molar-refractivity contribution in [2.45, 2.75) is 105 Å². The van der Waals surface area contributed by atoms with Crippen LogP contribution in [-0.4, -0.2) is 14.2 Å². The average Bonchev–Trinajstić information content (AvgIpc) is 2.84. The van der Waals surface area contributed by atoms with Crippen LogP contribution in [0.5, 0.6) is 11.5 Å². The maximum absolute atomic E-state index is 16.2. The molecule has 0 saturated heterocycles. The molecule has 0 aliphatic heterocycles. The number of hydrogen-bond acceptors (Lipinski definition) is 3. The standard InChI is InChI=1S/C36H50BrO3P/c1-33(2,3)25-19-23(20-26(31(25)39-13)34(4,5)6)41(38,30-18-16-15-17-29(30)37)24-21-27(35(7,8)9)32(40-14)28(22-24)36(10,11)12/h15-22H,1-14H3. The molecule has 0 atom stereocenters. The van der Waals surface area contributed by atoms with Crippen molar-refractivity contribution in [2.75, 3.05) is 14.2 Å². The second-order valence-electron chi connectivity index (χ2n) is 15.2. The van der Waals surface area contributed by atoms with Crippen molar-refractivity contribution in [3.8, 4) is 11.5 Å². The topological polar surface area (TPSA) is 35.5 Å². The Labute approximate surface area is 257 Å². The fourth-order valence-corrected chi connectivity index (χ4v) is 9.20. The molecule has 0 bridgehead atoms. The zero-order chi connectivity index (χ0) is 31.3. The molecule has 5 heteroatoms. The maximum Gasteiger partial charge on any atom is 0.172 e. The van der Waals surface area contributed by atoms with Crippen molar-refractivity contribution in [3.63, 3.8) is 0 Å². The van der Waals surface area contributed by atoms with Gasteiger partial charge >= 0.3 is 0 Å². The molecule has 0 saturated carbocycles. The summed E-state index contributed by atoms with van der Waals surface area (Å²) in [6, 6.07) is 16.5. The molecule has 0 heterocycles. The van der Waals surface area contributed by atoms with Gasteiger partial charge in [0.2, 0.25) is 0 Å². The highest BCUT2D eigenvalue weighted by atomic mass is 79.9.